The first-order chi connectivity index (χ1) is 8.08. The van der Waals surface area contributed by atoms with Crippen molar-refractivity contribution in [1.29, 1.82) is 0 Å². The third-order valence-corrected chi connectivity index (χ3v) is 2.55. The number of amides is 1. The molecule has 0 saturated heterocycles. The topological polar surface area (TPSA) is 46.4 Å². The van der Waals surface area contributed by atoms with Gasteiger partial charge in [0.25, 0.3) is 12.3 Å². The lowest BCUT2D eigenvalue weighted by Gasteiger charge is -2.06. The van der Waals surface area contributed by atoms with E-state index in [1.807, 2.05) is 0 Å². The van der Waals surface area contributed by atoms with Gasteiger partial charge in [-0.3, -0.25) is 4.79 Å². The highest BCUT2D eigenvalue weighted by Crippen LogP contribution is 2.16. The van der Waals surface area contributed by atoms with Crippen LogP contribution in [0.25, 0.3) is 5.65 Å². The quantitative estimate of drug-likeness (QED) is 0.944. The van der Waals surface area contributed by atoms with E-state index in [9.17, 15) is 13.6 Å². The molecule has 1 N–H and O–H groups in total. The Morgan fingerprint density at radius 1 is 1.59 bits per heavy atom. The van der Waals surface area contributed by atoms with Crippen LogP contribution >= 0.6 is 15.9 Å². The van der Waals surface area contributed by atoms with Gasteiger partial charge in [0.15, 0.2) is 0 Å². The average Bonchev–Trinajstić information content (AvgIpc) is 2.72. The van der Waals surface area contributed by atoms with Crippen molar-refractivity contribution in [3.05, 3.63) is 34.7 Å². The lowest BCUT2D eigenvalue weighted by molar-refractivity contribution is 0.0892. The third-order valence-electron chi connectivity index (χ3n) is 2.12. The van der Waals surface area contributed by atoms with E-state index in [2.05, 4.69) is 26.2 Å². The largest absolute Gasteiger partial charge is 0.346 e. The Hall–Kier alpha value is -1.50. The predicted octanol–water partition coefficient (Wildman–Crippen LogP) is 2.09. The highest BCUT2D eigenvalue weighted by atomic mass is 79.9. The normalized spacial score (nSPS) is 11.1. The Morgan fingerprint density at radius 2 is 2.35 bits per heavy atom. The zero-order valence-corrected chi connectivity index (χ0v) is 10.1. The SMILES string of the molecule is O=C(NCC(F)F)c1cc(Br)cn2ccnc12. The molecule has 2 aromatic heterocycles. The zero-order chi connectivity index (χ0) is 12.4. The van der Waals surface area contributed by atoms with Crippen LogP contribution in [0.4, 0.5) is 8.78 Å². The molecule has 17 heavy (non-hydrogen) atoms. The number of rotatable bonds is 3. The van der Waals surface area contributed by atoms with Gasteiger partial charge in [0.1, 0.15) is 5.65 Å². The van der Waals surface area contributed by atoms with E-state index < -0.39 is 18.9 Å². The Morgan fingerprint density at radius 3 is 3.06 bits per heavy atom. The predicted molar refractivity (Wildman–Crippen MR) is 61.2 cm³/mol. The van der Waals surface area contributed by atoms with Crippen LogP contribution in [0.1, 0.15) is 10.4 Å². The van der Waals surface area contributed by atoms with Gasteiger partial charge in [-0.1, -0.05) is 0 Å². The zero-order valence-electron chi connectivity index (χ0n) is 8.53. The Bertz CT molecular complexity index is 555. The van der Waals surface area contributed by atoms with E-state index >= 15 is 0 Å². The van der Waals surface area contributed by atoms with E-state index in [0.717, 1.165) is 0 Å². The van der Waals surface area contributed by atoms with Crippen LogP contribution in [0.15, 0.2) is 29.1 Å². The lowest BCUT2D eigenvalue weighted by Crippen LogP contribution is -2.28. The Kier molecular flexibility index (Phi) is 3.37. The number of carbonyl (C=O) groups is 1. The smallest absolute Gasteiger partial charge is 0.255 e. The van der Waals surface area contributed by atoms with E-state index in [0.29, 0.717) is 10.1 Å². The maximum Gasteiger partial charge on any atom is 0.255 e. The van der Waals surface area contributed by atoms with Crippen LogP contribution in [0.3, 0.4) is 0 Å². The summed E-state index contributed by atoms with van der Waals surface area (Å²) in [4.78, 5) is 15.7. The number of aromatic nitrogens is 2. The molecular formula is C10H8BrF2N3O. The van der Waals surface area contributed by atoms with Crippen molar-refractivity contribution in [2.45, 2.75) is 6.43 Å². The van der Waals surface area contributed by atoms with E-state index in [1.165, 1.54) is 6.20 Å². The van der Waals surface area contributed by atoms with Gasteiger partial charge in [-0.2, -0.15) is 0 Å². The Labute approximate surface area is 104 Å². The molecule has 2 aromatic rings. The van der Waals surface area contributed by atoms with Crippen LogP contribution in [0.2, 0.25) is 0 Å². The molecule has 4 nitrogen and oxygen atoms in total. The maximum absolute atomic E-state index is 12.0. The highest BCUT2D eigenvalue weighted by molar-refractivity contribution is 9.10. The van der Waals surface area contributed by atoms with Gasteiger partial charge in [0.2, 0.25) is 0 Å². The molecule has 0 aliphatic rings. The van der Waals surface area contributed by atoms with Crippen molar-refractivity contribution in [3.63, 3.8) is 0 Å². The summed E-state index contributed by atoms with van der Waals surface area (Å²) in [6.45, 7) is -0.668. The molecule has 0 radical (unpaired) electrons. The first-order valence-corrected chi connectivity index (χ1v) is 5.56. The van der Waals surface area contributed by atoms with Crippen LogP contribution in [0.5, 0.6) is 0 Å². The number of nitrogens with zero attached hydrogens (tertiary/aromatic N) is 2. The number of pyridine rings is 1. The van der Waals surface area contributed by atoms with Crippen LogP contribution in [-0.4, -0.2) is 28.3 Å². The number of hydrogen-bond acceptors (Lipinski definition) is 2. The summed E-state index contributed by atoms with van der Waals surface area (Å²) < 4.78 is 26.3. The van der Waals surface area contributed by atoms with Gasteiger partial charge in [0, 0.05) is 23.1 Å². The summed E-state index contributed by atoms with van der Waals surface area (Å²) in [6.07, 6.45) is 2.36. The van der Waals surface area contributed by atoms with E-state index in [4.69, 9.17) is 0 Å². The molecule has 0 unspecified atom stereocenters. The van der Waals surface area contributed by atoms with Gasteiger partial charge in [-0.05, 0) is 22.0 Å². The van der Waals surface area contributed by atoms with Crippen LogP contribution in [0, 0.1) is 0 Å². The number of hydrogen-bond donors (Lipinski definition) is 1. The van der Waals surface area contributed by atoms with E-state index in [-0.39, 0.29) is 5.56 Å². The third kappa shape index (κ3) is 2.60. The summed E-state index contributed by atoms with van der Waals surface area (Å²) in [5.74, 6) is -0.567. The average molecular weight is 304 g/mol. The van der Waals surface area contributed by atoms with Gasteiger partial charge in [0.05, 0.1) is 12.1 Å². The lowest BCUT2D eigenvalue weighted by atomic mass is 10.2. The van der Waals surface area contributed by atoms with Crippen molar-refractivity contribution in [1.82, 2.24) is 14.7 Å². The first kappa shape index (κ1) is 12.0. The number of fused-ring (bicyclic) bond motifs is 1. The molecule has 0 saturated carbocycles. The fraction of sp³-hybridized carbons (Fsp3) is 0.200. The molecule has 0 atom stereocenters. The summed E-state index contributed by atoms with van der Waals surface area (Å²) in [5.41, 5.74) is 0.685. The fourth-order valence-corrected chi connectivity index (χ4v) is 1.88. The van der Waals surface area contributed by atoms with Crippen LogP contribution in [-0.2, 0) is 0 Å². The number of nitrogens with one attached hydrogen (secondary N) is 1. The molecule has 1 amide bonds. The highest BCUT2D eigenvalue weighted by Gasteiger charge is 2.14. The minimum atomic E-state index is -2.57. The molecule has 0 fully saturated rings. The Balaban J connectivity index is 2.33. The van der Waals surface area contributed by atoms with Crippen molar-refractivity contribution in [2.75, 3.05) is 6.54 Å². The minimum absolute atomic E-state index is 0.255. The summed E-state index contributed by atoms with van der Waals surface area (Å²) in [6, 6.07) is 1.54. The molecule has 2 heterocycles. The van der Waals surface area contributed by atoms with Gasteiger partial charge in [-0.15, -0.1) is 0 Å². The summed E-state index contributed by atoms with van der Waals surface area (Å²) in [5, 5.41) is 2.14. The van der Waals surface area contributed by atoms with Crippen molar-refractivity contribution < 1.29 is 13.6 Å². The number of halogens is 3. The monoisotopic (exact) mass is 303 g/mol. The summed E-state index contributed by atoms with van der Waals surface area (Å²) in [7, 11) is 0. The fourth-order valence-electron chi connectivity index (χ4n) is 1.43. The number of imidazole rings is 1. The van der Waals surface area contributed by atoms with Gasteiger partial charge < -0.3 is 9.72 Å². The van der Waals surface area contributed by atoms with Crippen molar-refractivity contribution in [2.24, 2.45) is 0 Å². The molecule has 7 heteroatoms. The molecule has 2 rings (SSSR count). The summed E-state index contributed by atoms with van der Waals surface area (Å²) >= 11 is 3.24. The maximum atomic E-state index is 12.0. The molecule has 0 aliphatic carbocycles. The second-order valence-corrected chi connectivity index (χ2v) is 4.25. The number of carbonyl (C=O) groups excluding carboxylic acids is 1. The van der Waals surface area contributed by atoms with Gasteiger partial charge in [-0.25, -0.2) is 13.8 Å². The van der Waals surface area contributed by atoms with Crippen molar-refractivity contribution in [3.8, 4) is 0 Å². The van der Waals surface area contributed by atoms with Crippen molar-refractivity contribution >= 4 is 27.5 Å². The molecule has 0 aliphatic heterocycles. The molecular weight excluding hydrogens is 296 g/mol. The van der Waals surface area contributed by atoms with Gasteiger partial charge >= 0.3 is 0 Å². The first-order valence-electron chi connectivity index (χ1n) is 4.76. The van der Waals surface area contributed by atoms with Crippen LogP contribution < -0.4 is 5.32 Å². The standard InChI is InChI=1S/C10H8BrF2N3O/c11-6-3-7(10(17)15-4-8(12)13)9-14-1-2-16(9)5-6/h1-3,5,8H,4H2,(H,15,17). The molecule has 0 bridgehead atoms. The molecule has 0 aromatic carbocycles. The second-order valence-electron chi connectivity index (χ2n) is 3.33. The number of alkyl halides is 2. The molecule has 90 valence electrons. The van der Waals surface area contributed by atoms with E-state index in [1.54, 1.807) is 22.9 Å². The minimum Gasteiger partial charge on any atom is -0.346 e. The molecule has 0 spiro atoms. The second kappa shape index (κ2) is 4.79.